The molecule has 0 saturated heterocycles. The van der Waals surface area contributed by atoms with Gasteiger partial charge in [0.15, 0.2) is 0 Å². The average Bonchev–Trinajstić information content (AvgIpc) is 2.67. The molecule has 6 heteroatoms. The summed E-state index contributed by atoms with van der Waals surface area (Å²) >= 11 is 0. The molecular weight excluding hydrogens is 370 g/mol. The van der Waals surface area contributed by atoms with E-state index >= 15 is 0 Å². The number of carbonyl (C=O) groups excluding carboxylic acids is 1. The molecule has 0 bridgehead atoms. The third kappa shape index (κ3) is 3.69. The van der Waals surface area contributed by atoms with Crippen molar-refractivity contribution in [3.63, 3.8) is 0 Å². The van der Waals surface area contributed by atoms with Gasteiger partial charge in [0, 0.05) is 34.7 Å². The summed E-state index contributed by atoms with van der Waals surface area (Å²) in [4.78, 5) is 28.3. The molecule has 0 amide bonds. The molecule has 0 spiro atoms. The number of pyridine rings is 1. The van der Waals surface area contributed by atoms with Crippen LogP contribution in [0.4, 0.5) is 0 Å². The van der Waals surface area contributed by atoms with Crippen molar-refractivity contribution in [1.82, 2.24) is 4.98 Å². The molecular formula is C23H19NO5. The number of benzene rings is 2. The molecule has 29 heavy (non-hydrogen) atoms. The van der Waals surface area contributed by atoms with E-state index in [0.29, 0.717) is 40.2 Å². The summed E-state index contributed by atoms with van der Waals surface area (Å²) in [5.41, 5.74) is 2.80. The second-order valence-corrected chi connectivity index (χ2v) is 6.72. The van der Waals surface area contributed by atoms with Crippen LogP contribution in [0.5, 0.6) is 11.5 Å². The van der Waals surface area contributed by atoms with E-state index in [0.717, 1.165) is 16.6 Å². The zero-order valence-electron chi connectivity index (χ0n) is 16.3. The quantitative estimate of drug-likeness (QED) is 0.364. The van der Waals surface area contributed by atoms with Crippen molar-refractivity contribution >= 4 is 27.8 Å². The lowest BCUT2D eigenvalue weighted by Crippen LogP contribution is -2.04. The summed E-state index contributed by atoms with van der Waals surface area (Å²) in [5.74, 6) is 0.663. The Bertz CT molecular complexity index is 1310. The number of hydrogen-bond donors (Lipinski definition) is 0. The van der Waals surface area contributed by atoms with Gasteiger partial charge in [-0.25, -0.2) is 9.59 Å². The minimum atomic E-state index is -0.406. The Balaban J connectivity index is 1.80. The standard InChI is InChI=1S/C23H19NO5/c1-4-27-23(26)15-5-8-19-18(11-15)20(10-14(3)24-19)28-16-6-7-17-13(2)9-22(25)29-21(17)12-16/h5-12H,4H2,1-3H3. The van der Waals surface area contributed by atoms with Gasteiger partial charge >= 0.3 is 11.6 Å². The van der Waals surface area contributed by atoms with Gasteiger partial charge in [0.1, 0.15) is 17.1 Å². The number of ether oxygens (including phenoxy) is 2. The van der Waals surface area contributed by atoms with Gasteiger partial charge in [0.25, 0.3) is 0 Å². The molecule has 4 rings (SSSR count). The van der Waals surface area contributed by atoms with Crippen LogP contribution >= 0.6 is 0 Å². The van der Waals surface area contributed by atoms with Crippen molar-refractivity contribution in [2.75, 3.05) is 6.61 Å². The lowest BCUT2D eigenvalue weighted by molar-refractivity contribution is 0.0526. The average molecular weight is 389 g/mol. The smallest absolute Gasteiger partial charge is 0.338 e. The topological polar surface area (TPSA) is 78.6 Å². The molecule has 0 unspecified atom stereocenters. The Kier molecular flexibility index (Phi) is 4.76. The molecule has 2 heterocycles. The van der Waals surface area contributed by atoms with Gasteiger partial charge < -0.3 is 13.9 Å². The van der Waals surface area contributed by atoms with Crippen LogP contribution in [0.1, 0.15) is 28.5 Å². The lowest BCUT2D eigenvalue weighted by atomic mass is 10.1. The lowest BCUT2D eigenvalue weighted by Gasteiger charge is -2.12. The predicted octanol–water partition coefficient (Wildman–Crippen LogP) is 4.93. The summed E-state index contributed by atoms with van der Waals surface area (Å²) in [6, 6.07) is 13.8. The highest BCUT2D eigenvalue weighted by molar-refractivity contribution is 5.96. The fourth-order valence-corrected chi connectivity index (χ4v) is 3.24. The molecule has 0 N–H and O–H groups in total. The second-order valence-electron chi connectivity index (χ2n) is 6.72. The molecule has 0 radical (unpaired) electrons. The van der Waals surface area contributed by atoms with Crippen LogP contribution in [0.2, 0.25) is 0 Å². The van der Waals surface area contributed by atoms with Gasteiger partial charge in [0.2, 0.25) is 0 Å². The Morgan fingerprint density at radius 1 is 1.03 bits per heavy atom. The van der Waals surface area contributed by atoms with Crippen molar-refractivity contribution in [3.8, 4) is 11.5 Å². The normalized spacial score (nSPS) is 11.0. The molecule has 0 atom stereocenters. The number of rotatable bonds is 4. The summed E-state index contributed by atoms with van der Waals surface area (Å²) in [6.45, 7) is 5.79. The fraction of sp³-hybridized carbons (Fsp3) is 0.174. The van der Waals surface area contributed by atoms with Gasteiger partial charge in [0.05, 0.1) is 17.7 Å². The van der Waals surface area contributed by atoms with E-state index in [1.165, 1.54) is 6.07 Å². The van der Waals surface area contributed by atoms with Crippen molar-refractivity contribution in [2.45, 2.75) is 20.8 Å². The molecule has 0 saturated carbocycles. The van der Waals surface area contributed by atoms with Crippen molar-refractivity contribution < 1.29 is 18.7 Å². The van der Waals surface area contributed by atoms with E-state index in [4.69, 9.17) is 13.9 Å². The van der Waals surface area contributed by atoms with E-state index < -0.39 is 11.6 Å². The largest absolute Gasteiger partial charge is 0.462 e. The summed E-state index contributed by atoms with van der Waals surface area (Å²) in [7, 11) is 0. The first-order valence-electron chi connectivity index (χ1n) is 9.25. The highest BCUT2D eigenvalue weighted by atomic mass is 16.5. The molecule has 0 aliphatic heterocycles. The van der Waals surface area contributed by atoms with Crippen LogP contribution in [0.3, 0.4) is 0 Å². The molecule has 2 aromatic heterocycles. The number of fused-ring (bicyclic) bond motifs is 2. The van der Waals surface area contributed by atoms with Crippen LogP contribution in [0.15, 0.2) is 57.7 Å². The Labute approximate surface area is 166 Å². The first kappa shape index (κ1) is 18.7. The minimum Gasteiger partial charge on any atom is -0.462 e. The predicted molar refractivity (Wildman–Crippen MR) is 110 cm³/mol. The van der Waals surface area contributed by atoms with Crippen molar-refractivity contribution in [1.29, 1.82) is 0 Å². The third-order valence-electron chi connectivity index (χ3n) is 4.56. The Hall–Kier alpha value is -3.67. The first-order chi connectivity index (χ1) is 13.9. The number of aromatic nitrogens is 1. The zero-order valence-corrected chi connectivity index (χ0v) is 16.3. The molecule has 0 aliphatic carbocycles. The van der Waals surface area contributed by atoms with Crippen LogP contribution in [0, 0.1) is 13.8 Å². The monoisotopic (exact) mass is 389 g/mol. The van der Waals surface area contributed by atoms with E-state index in [1.807, 2.05) is 26.0 Å². The highest BCUT2D eigenvalue weighted by Crippen LogP contribution is 2.32. The van der Waals surface area contributed by atoms with E-state index in [2.05, 4.69) is 4.98 Å². The van der Waals surface area contributed by atoms with Crippen molar-refractivity contribution in [3.05, 3.63) is 75.8 Å². The van der Waals surface area contributed by atoms with Gasteiger partial charge in [-0.1, -0.05) is 0 Å². The van der Waals surface area contributed by atoms with E-state index in [-0.39, 0.29) is 0 Å². The fourth-order valence-electron chi connectivity index (χ4n) is 3.24. The van der Waals surface area contributed by atoms with Crippen LogP contribution in [-0.4, -0.2) is 17.6 Å². The summed E-state index contributed by atoms with van der Waals surface area (Å²) in [6.07, 6.45) is 0. The van der Waals surface area contributed by atoms with E-state index in [9.17, 15) is 9.59 Å². The maximum Gasteiger partial charge on any atom is 0.338 e. The number of hydrogen-bond acceptors (Lipinski definition) is 6. The van der Waals surface area contributed by atoms with Crippen molar-refractivity contribution in [2.24, 2.45) is 0 Å². The summed E-state index contributed by atoms with van der Waals surface area (Å²) in [5, 5.41) is 1.53. The second kappa shape index (κ2) is 7.39. The molecule has 146 valence electrons. The van der Waals surface area contributed by atoms with Gasteiger partial charge in [-0.3, -0.25) is 4.98 Å². The Morgan fingerprint density at radius 2 is 1.86 bits per heavy atom. The van der Waals surface area contributed by atoms with Gasteiger partial charge in [-0.05, 0) is 56.7 Å². The van der Waals surface area contributed by atoms with Crippen LogP contribution < -0.4 is 10.4 Å². The minimum absolute atomic E-state index is 0.300. The number of esters is 1. The number of carbonyl (C=O) groups is 1. The maximum absolute atomic E-state index is 12.1. The zero-order chi connectivity index (χ0) is 20.5. The SMILES string of the molecule is CCOC(=O)c1ccc2nc(C)cc(Oc3ccc4c(C)cc(=O)oc4c3)c2c1. The molecule has 4 aromatic rings. The molecule has 0 aliphatic rings. The molecule has 2 aromatic carbocycles. The number of nitrogens with zero attached hydrogens (tertiary/aromatic N) is 1. The number of aryl methyl sites for hydroxylation is 2. The van der Waals surface area contributed by atoms with Gasteiger partial charge in [-0.15, -0.1) is 0 Å². The molecule has 6 nitrogen and oxygen atoms in total. The first-order valence-corrected chi connectivity index (χ1v) is 9.25. The maximum atomic E-state index is 12.1. The third-order valence-corrected chi connectivity index (χ3v) is 4.56. The molecule has 0 fully saturated rings. The van der Waals surface area contributed by atoms with E-state index in [1.54, 1.807) is 37.3 Å². The van der Waals surface area contributed by atoms with Gasteiger partial charge in [-0.2, -0.15) is 0 Å². The Morgan fingerprint density at radius 3 is 2.66 bits per heavy atom. The van der Waals surface area contributed by atoms with Crippen LogP contribution in [-0.2, 0) is 4.74 Å². The highest BCUT2D eigenvalue weighted by Gasteiger charge is 2.13. The van der Waals surface area contributed by atoms with Crippen LogP contribution in [0.25, 0.3) is 21.9 Å². The summed E-state index contributed by atoms with van der Waals surface area (Å²) < 4.78 is 16.5.